The van der Waals surface area contributed by atoms with Crippen molar-refractivity contribution in [3.05, 3.63) is 24.5 Å². The fourth-order valence-corrected chi connectivity index (χ4v) is 3.95. The molecule has 2 aliphatic rings. The summed E-state index contributed by atoms with van der Waals surface area (Å²) in [6, 6.07) is 3.21. The van der Waals surface area contributed by atoms with E-state index >= 15 is 0 Å². The molecule has 6 nitrogen and oxygen atoms in total. The number of likely N-dealkylation sites (N-methyl/N-ethyl adjacent to an activating group) is 1. The molecule has 2 atom stereocenters. The van der Waals surface area contributed by atoms with Crippen LogP contribution in [0.1, 0.15) is 44.9 Å². The summed E-state index contributed by atoms with van der Waals surface area (Å²) >= 11 is 0. The lowest BCUT2D eigenvalue weighted by atomic mass is 10.0. The molecular weight excluding hydrogens is 318 g/mol. The Morgan fingerprint density at radius 1 is 1.36 bits per heavy atom. The molecule has 0 aromatic carbocycles. The molecule has 6 heteroatoms. The van der Waals surface area contributed by atoms with Crippen molar-refractivity contribution in [2.24, 2.45) is 5.92 Å². The number of likely N-dealkylation sites (tertiary alicyclic amines) is 1. The van der Waals surface area contributed by atoms with E-state index in [-0.39, 0.29) is 17.9 Å². The lowest BCUT2D eigenvalue weighted by Crippen LogP contribution is -2.45. The Balaban J connectivity index is 1.60. The molecule has 25 heavy (non-hydrogen) atoms. The monoisotopic (exact) mass is 345 g/mol. The standard InChI is InChI=1S/C19H27N3O3/c1-20-19(24)17-11-16(25-15-7-4-10-21-12-15)13-22(17)18(23)9-8-14-5-2-3-6-14/h4,7,10,12,14,16-17H,2-3,5-6,8-9,11,13H2,1H3,(H,20,24). The van der Waals surface area contributed by atoms with E-state index in [0.29, 0.717) is 31.1 Å². The van der Waals surface area contributed by atoms with Gasteiger partial charge in [0.1, 0.15) is 17.9 Å². The third-order valence-corrected chi connectivity index (χ3v) is 5.31. The lowest BCUT2D eigenvalue weighted by molar-refractivity contribution is -0.138. The first kappa shape index (κ1) is 17.7. The minimum Gasteiger partial charge on any atom is -0.487 e. The highest BCUT2D eigenvalue weighted by atomic mass is 16.5. The number of nitrogens with one attached hydrogen (secondary N) is 1. The maximum absolute atomic E-state index is 12.7. The fourth-order valence-electron chi connectivity index (χ4n) is 3.95. The largest absolute Gasteiger partial charge is 0.487 e. The molecule has 2 heterocycles. The van der Waals surface area contributed by atoms with Crippen LogP contribution in [-0.4, -0.2) is 47.4 Å². The molecule has 1 N–H and O–H groups in total. The molecule has 3 rings (SSSR count). The van der Waals surface area contributed by atoms with Crippen LogP contribution >= 0.6 is 0 Å². The Hall–Kier alpha value is -2.11. The number of ether oxygens (including phenoxy) is 1. The van der Waals surface area contributed by atoms with Crippen molar-refractivity contribution >= 4 is 11.8 Å². The Bertz CT molecular complexity index is 587. The first-order chi connectivity index (χ1) is 12.2. The van der Waals surface area contributed by atoms with Crippen molar-refractivity contribution in [3.8, 4) is 5.75 Å². The number of rotatable bonds is 6. The number of hydrogen-bond acceptors (Lipinski definition) is 4. The predicted molar refractivity (Wildman–Crippen MR) is 94.0 cm³/mol. The zero-order valence-electron chi connectivity index (χ0n) is 14.8. The minimum absolute atomic E-state index is 0.0674. The average molecular weight is 345 g/mol. The summed E-state index contributed by atoms with van der Waals surface area (Å²) in [4.78, 5) is 30.7. The van der Waals surface area contributed by atoms with Gasteiger partial charge in [0.25, 0.3) is 0 Å². The Kier molecular flexibility index (Phi) is 5.89. The van der Waals surface area contributed by atoms with Crippen LogP contribution in [0.4, 0.5) is 0 Å². The van der Waals surface area contributed by atoms with Crippen molar-refractivity contribution in [1.29, 1.82) is 0 Å². The number of hydrogen-bond donors (Lipinski definition) is 1. The predicted octanol–water partition coefficient (Wildman–Crippen LogP) is 2.15. The number of pyridine rings is 1. The van der Waals surface area contributed by atoms with Crippen LogP contribution < -0.4 is 10.1 Å². The molecular formula is C19H27N3O3. The molecule has 1 aromatic heterocycles. The summed E-state index contributed by atoms with van der Waals surface area (Å²) in [5.74, 6) is 1.29. The third-order valence-electron chi connectivity index (χ3n) is 5.31. The second-order valence-electron chi connectivity index (χ2n) is 7.03. The topological polar surface area (TPSA) is 71.5 Å². The third kappa shape index (κ3) is 4.50. The summed E-state index contributed by atoms with van der Waals surface area (Å²) in [7, 11) is 1.61. The van der Waals surface area contributed by atoms with Gasteiger partial charge in [0, 0.05) is 26.1 Å². The molecule has 1 saturated heterocycles. The van der Waals surface area contributed by atoms with Gasteiger partial charge in [0.2, 0.25) is 11.8 Å². The van der Waals surface area contributed by atoms with Gasteiger partial charge in [-0.1, -0.05) is 25.7 Å². The lowest BCUT2D eigenvalue weighted by Gasteiger charge is -2.23. The summed E-state index contributed by atoms with van der Waals surface area (Å²) in [5, 5.41) is 2.67. The van der Waals surface area contributed by atoms with E-state index in [0.717, 1.165) is 6.42 Å². The van der Waals surface area contributed by atoms with Crippen LogP contribution in [-0.2, 0) is 9.59 Å². The van der Waals surface area contributed by atoms with Crippen LogP contribution in [0, 0.1) is 5.92 Å². The Labute approximate surface area is 148 Å². The molecule has 1 saturated carbocycles. The number of carbonyl (C=O) groups excluding carboxylic acids is 2. The minimum atomic E-state index is -0.442. The summed E-state index contributed by atoms with van der Waals surface area (Å²) in [6.07, 6.45) is 10.2. The Morgan fingerprint density at radius 2 is 2.16 bits per heavy atom. The number of aromatic nitrogens is 1. The molecule has 1 aliphatic heterocycles. The van der Waals surface area contributed by atoms with Crippen molar-refractivity contribution in [3.63, 3.8) is 0 Å². The number of nitrogens with zero attached hydrogens (tertiary/aromatic N) is 2. The van der Waals surface area contributed by atoms with Gasteiger partial charge in [-0.3, -0.25) is 14.6 Å². The highest BCUT2D eigenvalue weighted by Crippen LogP contribution is 2.30. The number of carbonyl (C=O) groups is 2. The summed E-state index contributed by atoms with van der Waals surface area (Å²) in [5.41, 5.74) is 0. The SMILES string of the molecule is CNC(=O)C1CC(Oc2cccnc2)CN1C(=O)CCC1CCCC1. The van der Waals surface area contributed by atoms with Gasteiger partial charge in [-0.15, -0.1) is 0 Å². The maximum Gasteiger partial charge on any atom is 0.242 e. The summed E-state index contributed by atoms with van der Waals surface area (Å²) < 4.78 is 5.92. The van der Waals surface area contributed by atoms with E-state index in [1.807, 2.05) is 12.1 Å². The van der Waals surface area contributed by atoms with Gasteiger partial charge in [-0.05, 0) is 24.5 Å². The van der Waals surface area contributed by atoms with Gasteiger partial charge in [0.15, 0.2) is 0 Å². The second kappa shape index (κ2) is 8.32. The van der Waals surface area contributed by atoms with Gasteiger partial charge >= 0.3 is 0 Å². The molecule has 0 bridgehead atoms. The summed E-state index contributed by atoms with van der Waals surface area (Å²) in [6.45, 7) is 0.455. The molecule has 1 aromatic rings. The smallest absolute Gasteiger partial charge is 0.242 e. The first-order valence-electron chi connectivity index (χ1n) is 9.25. The van der Waals surface area contributed by atoms with E-state index in [1.165, 1.54) is 25.7 Å². The molecule has 0 radical (unpaired) electrons. The second-order valence-corrected chi connectivity index (χ2v) is 7.03. The fraction of sp³-hybridized carbons (Fsp3) is 0.632. The normalized spacial score (nSPS) is 23.6. The average Bonchev–Trinajstić information content (AvgIpc) is 3.29. The number of amides is 2. The van der Waals surface area contributed by atoms with Gasteiger partial charge in [-0.25, -0.2) is 0 Å². The highest BCUT2D eigenvalue weighted by molar-refractivity contribution is 5.88. The van der Waals surface area contributed by atoms with Crippen LogP contribution in [0.3, 0.4) is 0 Å². The van der Waals surface area contributed by atoms with Crippen molar-refractivity contribution in [2.75, 3.05) is 13.6 Å². The quantitative estimate of drug-likeness (QED) is 0.857. The van der Waals surface area contributed by atoms with Crippen LogP contribution in [0.5, 0.6) is 5.75 Å². The molecule has 2 unspecified atom stereocenters. The molecule has 0 spiro atoms. The van der Waals surface area contributed by atoms with Gasteiger partial charge in [0.05, 0.1) is 12.7 Å². The van der Waals surface area contributed by atoms with Gasteiger partial charge in [-0.2, -0.15) is 0 Å². The zero-order valence-corrected chi connectivity index (χ0v) is 14.8. The van der Waals surface area contributed by atoms with Crippen molar-refractivity contribution < 1.29 is 14.3 Å². The zero-order chi connectivity index (χ0) is 17.6. The van der Waals surface area contributed by atoms with Crippen LogP contribution in [0.25, 0.3) is 0 Å². The molecule has 136 valence electrons. The van der Waals surface area contributed by atoms with E-state index in [9.17, 15) is 9.59 Å². The molecule has 2 fully saturated rings. The Morgan fingerprint density at radius 3 is 2.84 bits per heavy atom. The van der Waals surface area contributed by atoms with E-state index in [1.54, 1.807) is 24.3 Å². The maximum atomic E-state index is 12.7. The molecule has 2 amide bonds. The van der Waals surface area contributed by atoms with Crippen molar-refractivity contribution in [2.45, 2.75) is 57.1 Å². The van der Waals surface area contributed by atoms with Gasteiger partial charge < -0.3 is 15.0 Å². The molecule has 1 aliphatic carbocycles. The first-order valence-corrected chi connectivity index (χ1v) is 9.25. The van der Waals surface area contributed by atoms with Crippen molar-refractivity contribution in [1.82, 2.24) is 15.2 Å². The van der Waals surface area contributed by atoms with E-state index in [4.69, 9.17) is 4.74 Å². The van der Waals surface area contributed by atoms with Crippen LogP contribution in [0.2, 0.25) is 0 Å². The van der Waals surface area contributed by atoms with Crippen LogP contribution in [0.15, 0.2) is 24.5 Å². The van der Waals surface area contributed by atoms with E-state index in [2.05, 4.69) is 10.3 Å². The highest BCUT2D eigenvalue weighted by Gasteiger charge is 2.40. The van der Waals surface area contributed by atoms with E-state index < -0.39 is 6.04 Å².